The first-order valence-electron chi connectivity index (χ1n) is 8.09. The molecule has 1 atom stereocenters. The van der Waals surface area contributed by atoms with Crippen molar-refractivity contribution in [2.24, 2.45) is 0 Å². The van der Waals surface area contributed by atoms with Gasteiger partial charge in [0.05, 0.1) is 11.2 Å². The standard InChI is InChI=1S/C17H30N2S/c1-6-7-8-11-17(5,19-13-9-10-13)15-18-14(12-20-15)16(2,3)4/h12-13,19H,6-11H2,1-5H3. The summed E-state index contributed by atoms with van der Waals surface area (Å²) in [5.74, 6) is 0. The molecule has 2 rings (SSSR count). The van der Waals surface area contributed by atoms with E-state index in [2.05, 4.69) is 45.3 Å². The molecule has 20 heavy (non-hydrogen) atoms. The van der Waals surface area contributed by atoms with Crippen LogP contribution in [0.15, 0.2) is 5.38 Å². The van der Waals surface area contributed by atoms with Gasteiger partial charge in [-0.2, -0.15) is 0 Å². The highest BCUT2D eigenvalue weighted by Crippen LogP contribution is 2.36. The molecule has 0 saturated heterocycles. The van der Waals surface area contributed by atoms with E-state index in [0.717, 1.165) is 6.04 Å². The third kappa shape index (κ3) is 4.05. The molecule has 1 heterocycles. The number of hydrogen-bond donors (Lipinski definition) is 1. The van der Waals surface area contributed by atoms with E-state index in [9.17, 15) is 0 Å². The van der Waals surface area contributed by atoms with Crippen molar-refractivity contribution in [1.82, 2.24) is 10.3 Å². The molecule has 2 nitrogen and oxygen atoms in total. The van der Waals surface area contributed by atoms with E-state index in [1.165, 1.54) is 49.2 Å². The lowest BCUT2D eigenvalue weighted by molar-refractivity contribution is 0.321. The van der Waals surface area contributed by atoms with Crippen LogP contribution in [-0.4, -0.2) is 11.0 Å². The zero-order valence-electron chi connectivity index (χ0n) is 13.8. The molecule has 0 radical (unpaired) electrons. The second-order valence-corrected chi connectivity index (χ2v) is 8.35. The summed E-state index contributed by atoms with van der Waals surface area (Å²) in [5.41, 5.74) is 1.46. The van der Waals surface area contributed by atoms with Crippen molar-refractivity contribution >= 4 is 11.3 Å². The third-order valence-corrected chi connectivity index (χ3v) is 5.23. The van der Waals surface area contributed by atoms with Crippen molar-refractivity contribution in [3.05, 3.63) is 16.1 Å². The highest BCUT2D eigenvalue weighted by Gasteiger charge is 2.36. The Bertz CT molecular complexity index is 428. The van der Waals surface area contributed by atoms with Gasteiger partial charge in [-0.3, -0.25) is 0 Å². The number of nitrogens with one attached hydrogen (secondary N) is 1. The molecule has 1 aromatic heterocycles. The van der Waals surface area contributed by atoms with Crippen molar-refractivity contribution in [3.63, 3.8) is 0 Å². The Morgan fingerprint density at radius 3 is 2.45 bits per heavy atom. The zero-order chi connectivity index (χ0) is 14.8. The van der Waals surface area contributed by atoms with Gasteiger partial charge in [-0.05, 0) is 26.2 Å². The largest absolute Gasteiger partial charge is 0.303 e. The molecule has 1 aliphatic carbocycles. The number of hydrogen-bond acceptors (Lipinski definition) is 3. The molecule has 0 aromatic carbocycles. The molecule has 0 amide bonds. The first-order chi connectivity index (χ1) is 9.35. The Hall–Kier alpha value is -0.410. The SMILES string of the molecule is CCCCCC(C)(NC1CC1)c1nc(C(C)(C)C)cs1. The van der Waals surface area contributed by atoms with Gasteiger partial charge in [0.25, 0.3) is 0 Å². The van der Waals surface area contributed by atoms with Crippen LogP contribution in [0.25, 0.3) is 0 Å². The quantitative estimate of drug-likeness (QED) is 0.717. The summed E-state index contributed by atoms with van der Waals surface area (Å²) in [4.78, 5) is 4.97. The van der Waals surface area contributed by atoms with Crippen LogP contribution >= 0.6 is 11.3 Å². The van der Waals surface area contributed by atoms with E-state index in [1.54, 1.807) is 0 Å². The van der Waals surface area contributed by atoms with E-state index >= 15 is 0 Å². The van der Waals surface area contributed by atoms with Gasteiger partial charge in [-0.25, -0.2) is 4.98 Å². The number of rotatable bonds is 7. The molecule has 1 aromatic rings. The van der Waals surface area contributed by atoms with Crippen LogP contribution < -0.4 is 5.32 Å². The fourth-order valence-electron chi connectivity index (χ4n) is 2.52. The monoisotopic (exact) mass is 294 g/mol. The van der Waals surface area contributed by atoms with E-state index < -0.39 is 0 Å². The van der Waals surface area contributed by atoms with Gasteiger partial charge in [0.1, 0.15) is 5.01 Å². The van der Waals surface area contributed by atoms with E-state index in [-0.39, 0.29) is 11.0 Å². The van der Waals surface area contributed by atoms with Gasteiger partial charge in [0.15, 0.2) is 0 Å². The number of unbranched alkanes of at least 4 members (excludes halogenated alkanes) is 2. The maximum atomic E-state index is 4.97. The molecule has 1 unspecified atom stereocenters. The Morgan fingerprint density at radius 1 is 1.25 bits per heavy atom. The van der Waals surface area contributed by atoms with Gasteiger partial charge in [0.2, 0.25) is 0 Å². The molecule has 114 valence electrons. The van der Waals surface area contributed by atoms with E-state index in [0.29, 0.717) is 0 Å². The maximum Gasteiger partial charge on any atom is 0.113 e. The smallest absolute Gasteiger partial charge is 0.113 e. The van der Waals surface area contributed by atoms with Crippen LogP contribution in [0, 0.1) is 0 Å². The average molecular weight is 295 g/mol. The molecule has 0 spiro atoms. The Labute approximate surface area is 128 Å². The van der Waals surface area contributed by atoms with Crippen LogP contribution in [0.2, 0.25) is 0 Å². The molecule has 1 aliphatic rings. The Kier molecular flexibility index (Phi) is 4.91. The van der Waals surface area contributed by atoms with Crippen molar-refractivity contribution in [2.75, 3.05) is 0 Å². The third-order valence-electron chi connectivity index (χ3n) is 4.13. The van der Waals surface area contributed by atoms with Gasteiger partial charge in [-0.1, -0.05) is 47.0 Å². The lowest BCUT2D eigenvalue weighted by atomic mass is 9.92. The van der Waals surface area contributed by atoms with Crippen LogP contribution in [-0.2, 0) is 11.0 Å². The number of nitrogens with zero attached hydrogens (tertiary/aromatic N) is 1. The van der Waals surface area contributed by atoms with Crippen molar-refractivity contribution in [2.45, 2.75) is 90.1 Å². The summed E-state index contributed by atoms with van der Waals surface area (Å²) in [7, 11) is 0. The van der Waals surface area contributed by atoms with Crippen LogP contribution in [0.5, 0.6) is 0 Å². The molecule has 0 bridgehead atoms. The fraction of sp³-hybridized carbons (Fsp3) is 0.824. The molecule has 1 saturated carbocycles. The molecule has 1 N–H and O–H groups in total. The summed E-state index contributed by atoms with van der Waals surface area (Å²) in [6, 6.07) is 0.726. The van der Waals surface area contributed by atoms with Gasteiger partial charge < -0.3 is 5.32 Å². The van der Waals surface area contributed by atoms with Crippen LogP contribution in [0.4, 0.5) is 0 Å². The summed E-state index contributed by atoms with van der Waals surface area (Å²) >= 11 is 1.84. The first kappa shape index (κ1) is 16.0. The lowest BCUT2D eigenvalue weighted by Gasteiger charge is -2.29. The minimum Gasteiger partial charge on any atom is -0.303 e. The average Bonchev–Trinajstić information content (AvgIpc) is 2.99. The van der Waals surface area contributed by atoms with Gasteiger partial charge in [-0.15, -0.1) is 11.3 Å². The first-order valence-corrected chi connectivity index (χ1v) is 8.97. The molecular weight excluding hydrogens is 264 g/mol. The number of thiazole rings is 1. The summed E-state index contributed by atoms with van der Waals surface area (Å²) in [6.45, 7) is 11.4. The second-order valence-electron chi connectivity index (χ2n) is 7.50. The molecular formula is C17H30N2S. The normalized spacial score (nSPS) is 19.1. The highest BCUT2D eigenvalue weighted by molar-refractivity contribution is 7.09. The van der Waals surface area contributed by atoms with Gasteiger partial charge >= 0.3 is 0 Å². The lowest BCUT2D eigenvalue weighted by Crippen LogP contribution is -2.41. The maximum absolute atomic E-state index is 4.97. The van der Waals surface area contributed by atoms with Crippen LogP contribution in [0.3, 0.4) is 0 Å². The molecule has 0 aliphatic heterocycles. The highest BCUT2D eigenvalue weighted by atomic mass is 32.1. The minimum absolute atomic E-state index is 0.0739. The summed E-state index contributed by atoms with van der Waals surface area (Å²) in [6.07, 6.45) is 7.76. The van der Waals surface area contributed by atoms with E-state index in [4.69, 9.17) is 4.98 Å². The Balaban J connectivity index is 2.14. The van der Waals surface area contributed by atoms with Crippen molar-refractivity contribution in [3.8, 4) is 0 Å². The van der Waals surface area contributed by atoms with Gasteiger partial charge in [0, 0.05) is 16.8 Å². The molecule has 3 heteroatoms. The second kappa shape index (κ2) is 6.15. The predicted molar refractivity (Wildman–Crippen MR) is 88.5 cm³/mol. The summed E-state index contributed by atoms with van der Waals surface area (Å²) < 4.78 is 0. The van der Waals surface area contributed by atoms with Crippen LogP contribution in [0.1, 0.15) is 83.8 Å². The summed E-state index contributed by atoms with van der Waals surface area (Å²) in [5, 5.41) is 7.39. The Morgan fingerprint density at radius 2 is 1.95 bits per heavy atom. The van der Waals surface area contributed by atoms with Crippen molar-refractivity contribution < 1.29 is 0 Å². The fourth-order valence-corrected chi connectivity index (χ4v) is 3.72. The molecule has 1 fully saturated rings. The van der Waals surface area contributed by atoms with Crippen molar-refractivity contribution in [1.29, 1.82) is 0 Å². The predicted octanol–water partition coefficient (Wildman–Crippen LogP) is 4.99. The number of aromatic nitrogens is 1. The van der Waals surface area contributed by atoms with E-state index in [1.807, 2.05) is 11.3 Å². The topological polar surface area (TPSA) is 24.9 Å². The minimum atomic E-state index is 0.0739. The zero-order valence-corrected chi connectivity index (χ0v) is 14.6.